The molecule has 1 aliphatic heterocycles. The molecule has 4 atom stereocenters. The smallest absolute Gasteiger partial charge is 0.417 e. The van der Waals surface area contributed by atoms with Gasteiger partial charge in [-0.15, -0.1) is 0 Å². The molecule has 0 radical (unpaired) electrons. The fourth-order valence-corrected chi connectivity index (χ4v) is 3.04. The van der Waals surface area contributed by atoms with Crippen LogP contribution in [-0.2, 0) is 9.53 Å². The lowest BCUT2D eigenvalue weighted by Gasteiger charge is -2.25. The van der Waals surface area contributed by atoms with Crippen LogP contribution in [0, 0.1) is 5.92 Å². The number of hydrogen-bond donors (Lipinski definition) is 1. The quantitative estimate of drug-likeness (QED) is 0.839. The van der Waals surface area contributed by atoms with Crippen molar-refractivity contribution in [1.82, 2.24) is 4.90 Å². The van der Waals surface area contributed by atoms with Gasteiger partial charge in [-0.1, -0.05) is 50.3 Å². The molecule has 130 valence electrons. The van der Waals surface area contributed by atoms with Crippen molar-refractivity contribution in [3.05, 3.63) is 47.5 Å². The first-order valence-electron chi connectivity index (χ1n) is 8.31. The molecule has 24 heavy (non-hydrogen) atoms. The van der Waals surface area contributed by atoms with E-state index < -0.39 is 36.2 Å². The molecule has 1 N–H and O–H groups in total. The van der Waals surface area contributed by atoms with Crippen LogP contribution in [0.4, 0.5) is 4.79 Å². The average molecular weight is 331 g/mol. The summed E-state index contributed by atoms with van der Waals surface area (Å²) in [7, 11) is 0. The van der Waals surface area contributed by atoms with Crippen molar-refractivity contribution < 1.29 is 19.4 Å². The Balaban J connectivity index is 2.18. The molecule has 1 aromatic carbocycles. The number of aliphatic hydroxyl groups is 1. The molecular weight excluding hydrogens is 306 g/mol. The van der Waals surface area contributed by atoms with Gasteiger partial charge < -0.3 is 9.84 Å². The molecule has 0 bridgehead atoms. The summed E-state index contributed by atoms with van der Waals surface area (Å²) in [5, 5.41) is 10.3. The lowest BCUT2D eigenvalue weighted by molar-refractivity contribution is -0.135. The van der Waals surface area contributed by atoms with Gasteiger partial charge in [0.25, 0.3) is 0 Å². The highest BCUT2D eigenvalue weighted by atomic mass is 16.6. The Hall–Kier alpha value is -2.14. The number of imide groups is 1. The molecule has 5 nitrogen and oxygen atoms in total. The lowest BCUT2D eigenvalue weighted by Crippen LogP contribution is -2.44. The van der Waals surface area contributed by atoms with Gasteiger partial charge in [-0.05, 0) is 31.4 Å². The van der Waals surface area contributed by atoms with Gasteiger partial charge in [-0.25, -0.2) is 9.69 Å². The van der Waals surface area contributed by atoms with Crippen LogP contribution < -0.4 is 0 Å². The topological polar surface area (TPSA) is 66.8 Å². The standard InChI is InChI=1S/C19H25NO4/c1-5-9-12(2)16(21)13(3)18(22)20-14(4)17(24-19(20)23)15-10-7-6-8-11-15/h6-11,13-14,16-17,21H,5H2,1-4H3/b12-9+/t13-,14+,16+,17+/m1/s1. The molecule has 0 aliphatic carbocycles. The number of amides is 2. The third-order valence-corrected chi connectivity index (χ3v) is 4.49. The molecule has 1 fully saturated rings. The number of cyclic esters (lactones) is 1. The van der Waals surface area contributed by atoms with Gasteiger partial charge in [-0.3, -0.25) is 4.79 Å². The largest absolute Gasteiger partial charge is 0.439 e. The highest BCUT2D eigenvalue weighted by molar-refractivity contribution is 5.95. The van der Waals surface area contributed by atoms with Gasteiger partial charge in [0.05, 0.1) is 18.1 Å². The highest BCUT2D eigenvalue weighted by Gasteiger charge is 2.45. The average Bonchev–Trinajstić information content (AvgIpc) is 2.88. The lowest BCUT2D eigenvalue weighted by atomic mass is 9.95. The number of benzene rings is 1. The third-order valence-electron chi connectivity index (χ3n) is 4.49. The van der Waals surface area contributed by atoms with Gasteiger partial charge in [0.2, 0.25) is 5.91 Å². The molecular formula is C19H25NO4. The predicted molar refractivity (Wildman–Crippen MR) is 91.2 cm³/mol. The second kappa shape index (κ2) is 7.62. The fourth-order valence-electron chi connectivity index (χ4n) is 3.04. The first-order chi connectivity index (χ1) is 11.4. The van der Waals surface area contributed by atoms with Crippen molar-refractivity contribution in [3.63, 3.8) is 0 Å². The Morgan fingerprint density at radius 1 is 1.38 bits per heavy atom. The predicted octanol–water partition coefficient (Wildman–Crippen LogP) is 3.45. The van der Waals surface area contributed by atoms with Crippen LogP contribution in [0.2, 0.25) is 0 Å². The number of aliphatic hydroxyl groups excluding tert-OH is 1. The van der Waals surface area contributed by atoms with Crippen LogP contribution in [0.25, 0.3) is 0 Å². The van der Waals surface area contributed by atoms with E-state index in [1.165, 1.54) is 0 Å². The van der Waals surface area contributed by atoms with Crippen LogP contribution in [0.15, 0.2) is 42.0 Å². The van der Waals surface area contributed by atoms with Crippen molar-refractivity contribution in [2.45, 2.75) is 52.4 Å². The Labute approximate surface area is 142 Å². The van der Waals surface area contributed by atoms with E-state index in [0.29, 0.717) is 0 Å². The zero-order valence-corrected chi connectivity index (χ0v) is 14.6. The summed E-state index contributed by atoms with van der Waals surface area (Å²) in [5.74, 6) is -1.13. The number of carbonyl (C=O) groups is 2. The van der Waals surface area contributed by atoms with Gasteiger partial charge in [0, 0.05) is 0 Å². The maximum atomic E-state index is 12.7. The van der Waals surface area contributed by atoms with E-state index in [1.54, 1.807) is 20.8 Å². The number of rotatable bonds is 5. The van der Waals surface area contributed by atoms with Gasteiger partial charge in [-0.2, -0.15) is 0 Å². The fraction of sp³-hybridized carbons (Fsp3) is 0.474. The van der Waals surface area contributed by atoms with Crippen molar-refractivity contribution in [1.29, 1.82) is 0 Å². The van der Waals surface area contributed by atoms with Gasteiger partial charge in [0.1, 0.15) is 6.10 Å². The zero-order valence-electron chi connectivity index (χ0n) is 14.6. The zero-order chi connectivity index (χ0) is 17.9. The van der Waals surface area contributed by atoms with E-state index in [9.17, 15) is 14.7 Å². The van der Waals surface area contributed by atoms with Crippen LogP contribution in [0.1, 0.15) is 45.8 Å². The van der Waals surface area contributed by atoms with E-state index in [4.69, 9.17) is 4.74 Å². The summed E-state index contributed by atoms with van der Waals surface area (Å²) in [4.78, 5) is 26.1. The van der Waals surface area contributed by atoms with E-state index in [2.05, 4.69) is 0 Å². The van der Waals surface area contributed by atoms with E-state index in [0.717, 1.165) is 22.5 Å². The van der Waals surface area contributed by atoms with Crippen molar-refractivity contribution in [3.8, 4) is 0 Å². The number of nitrogens with zero attached hydrogens (tertiary/aromatic N) is 1. The third kappa shape index (κ3) is 3.51. The van der Waals surface area contributed by atoms with Crippen LogP contribution in [0.5, 0.6) is 0 Å². The Morgan fingerprint density at radius 3 is 2.58 bits per heavy atom. The molecule has 2 amide bonds. The molecule has 1 heterocycles. The van der Waals surface area contributed by atoms with E-state index in [-0.39, 0.29) is 0 Å². The Bertz CT molecular complexity index is 626. The summed E-state index contributed by atoms with van der Waals surface area (Å²) in [6.45, 7) is 7.17. The summed E-state index contributed by atoms with van der Waals surface area (Å²) >= 11 is 0. The summed E-state index contributed by atoms with van der Waals surface area (Å²) < 4.78 is 5.40. The summed E-state index contributed by atoms with van der Waals surface area (Å²) in [6.07, 6.45) is 0.611. The summed E-state index contributed by atoms with van der Waals surface area (Å²) in [6, 6.07) is 8.94. The van der Waals surface area contributed by atoms with Crippen LogP contribution >= 0.6 is 0 Å². The first-order valence-corrected chi connectivity index (χ1v) is 8.31. The van der Waals surface area contributed by atoms with Crippen LogP contribution in [0.3, 0.4) is 0 Å². The number of hydrogen-bond acceptors (Lipinski definition) is 4. The second-order valence-corrected chi connectivity index (χ2v) is 6.25. The maximum absolute atomic E-state index is 12.7. The minimum Gasteiger partial charge on any atom is -0.439 e. The van der Waals surface area contributed by atoms with Gasteiger partial charge in [0.15, 0.2) is 0 Å². The first kappa shape index (κ1) is 18.2. The van der Waals surface area contributed by atoms with E-state index >= 15 is 0 Å². The Kier molecular flexibility index (Phi) is 5.78. The van der Waals surface area contributed by atoms with Crippen molar-refractivity contribution in [2.24, 2.45) is 5.92 Å². The minimum absolute atomic E-state index is 0.415. The normalized spacial score (nSPS) is 23.8. The van der Waals surface area contributed by atoms with Crippen molar-refractivity contribution >= 4 is 12.0 Å². The molecule has 0 aromatic heterocycles. The molecule has 0 unspecified atom stereocenters. The molecule has 0 saturated carbocycles. The number of ether oxygens (including phenoxy) is 1. The van der Waals surface area contributed by atoms with Crippen LogP contribution in [-0.4, -0.2) is 34.2 Å². The molecule has 2 rings (SSSR count). The minimum atomic E-state index is -0.909. The molecule has 1 aliphatic rings. The highest BCUT2D eigenvalue weighted by Crippen LogP contribution is 2.33. The van der Waals surface area contributed by atoms with E-state index in [1.807, 2.05) is 43.3 Å². The monoisotopic (exact) mass is 331 g/mol. The van der Waals surface area contributed by atoms with Gasteiger partial charge >= 0.3 is 6.09 Å². The summed E-state index contributed by atoms with van der Waals surface area (Å²) in [5.41, 5.74) is 1.59. The number of allylic oxidation sites excluding steroid dienone is 1. The number of carbonyl (C=O) groups excluding carboxylic acids is 2. The molecule has 1 aromatic rings. The maximum Gasteiger partial charge on any atom is 0.417 e. The van der Waals surface area contributed by atoms with Crippen molar-refractivity contribution in [2.75, 3.05) is 0 Å². The molecule has 0 spiro atoms. The SMILES string of the molecule is CC/C=C(\C)[C@H](O)[C@@H](C)C(=O)N1C(=O)O[C@H](c2ccccc2)[C@@H]1C. The molecule has 1 saturated heterocycles. The second-order valence-electron chi connectivity index (χ2n) is 6.25. The Morgan fingerprint density at radius 2 is 2.00 bits per heavy atom. The molecule has 5 heteroatoms.